The Hall–Kier alpha value is -1.10. The van der Waals surface area contributed by atoms with Crippen molar-refractivity contribution in [2.75, 3.05) is 19.6 Å². The van der Waals surface area contributed by atoms with Gasteiger partial charge in [0, 0.05) is 27.9 Å². The van der Waals surface area contributed by atoms with E-state index in [1.807, 2.05) is 32.9 Å². The first-order chi connectivity index (χ1) is 12.6. The molecule has 27 heavy (non-hydrogen) atoms. The molecule has 1 N–H and O–H groups in total. The molecule has 0 bridgehead atoms. The number of nitrogens with one attached hydrogen (secondary N) is 1. The van der Waals surface area contributed by atoms with E-state index in [4.69, 9.17) is 23.2 Å². The number of benzene rings is 1. The van der Waals surface area contributed by atoms with E-state index in [2.05, 4.69) is 10.2 Å². The Morgan fingerprint density at radius 1 is 1.15 bits per heavy atom. The van der Waals surface area contributed by atoms with Crippen LogP contribution in [0.15, 0.2) is 18.2 Å². The van der Waals surface area contributed by atoms with E-state index in [1.165, 1.54) is 0 Å². The Bertz CT molecular complexity index is 714. The Kier molecular flexibility index (Phi) is 5.90. The van der Waals surface area contributed by atoms with Crippen LogP contribution in [0.1, 0.15) is 45.6 Å². The van der Waals surface area contributed by atoms with Gasteiger partial charge in [-0.2, -0.15) is 0 Å². The zero-order valence-corrected chi connectivity index (χ0v) is 17.8. The van der Waals surface area contributed by atoms with Crippen LogP contribution in [0.3, 0.4) is 0 Å². The zero-order valence-electron chi connectivity index (χ0n) is 16.3. The van der Waals surface area contributed by atoms with Gasteiger partial charge in [0.25, 0.3) is 0 Å². The molecule has 1 heterocycles. The minimum absolute atomic E-state index is 0.0692. The number of carbonyl (C=O) groups is 2. The van der Waals surface area contributed by atoms with Gasteiger partial charge in [-0.3, -0.25) is 14.5 Å². The number of piperidine rings is 1. The number of hydrogen-bond acceptors (Lipinski definition) is 3. The highest BCUT2D eigenvalue weighted by molar-refractivity contribution is 6.34. The third-order valence-electron chi connectivity index (χ3n) is 5.61. The van der Waals surface area contributed by atoms with Crippen LogP contribution in [0.2, 0.25) is 10.0 Å². The predicted molar refractivity (Wildman–Crippen MR) is 109 cm³/mol. The topological polar surface area (TPSA) is 49.4 Å². The Morgan fingerprint density at radius 2 is 1.74 bits per heavy atom. The number of rotatable bonds is 5. The van der Waals surface area contributed by atoms with Crippen molar-refractivity contribution >= 4 is 34.9 Å². The zero-order chi connectivity index (χ0) is 19.8. The molecule has 1 aromatic rings. The molecule has 1 unspecified atom stereocenters. The molecular formula is C21H28Cl2N2O2. The molecule has 1 spiro atoms. The van der Waals surface area contributed by atoms with Crippen molar-refractivity contribution in [1.29, 1.82) is 0 Å². The van der Waals surface area contributed by atoms with Crippen LogP contribution in [0.4, 0.5) is 0 Å². The third kappa shape index (κ3) is 5.46. The molecule has 1 atom stereocenters. The molecule has 148 valence electrons. The summed E-state index contributed by atoms with van der Waals surface area (Å²) in [6.07, 6.45) is 3.34. The lowest BCUT2D eigenvalue weighted by Gasteiger charge is -2.33. The molecule has 1 saturated carbocycles. The number of amides is 1. The molecule has 1 saturated heterocycles. The first kappa shape index (κ1) is 20.6. The number of Topliss-reactive ketones (excluding diaryl/α,β-unsaturated/α-hetero) is 1. The average Bonchev–Trinajstić information content (AvgIpc) is 3.21. The Balaban J connectivity index is 1.48. The van der Waals surface area contributed by atoms with Gasteiger partial charge in [0.15, 0.2) is 0 Å². The number of carbonyl (C=O) groups excluding carboxylic acids is 2. The molecular weight excluding hydrogens is 383 g/mol. The van der Waals surface area contributed by atoms with Crippen molar-refractivity contribution in [3.8, 4) is 0 Å². The second-order valence-electron chi connectivity index (χ2n) is 9.11. The average molecular weight is 411 g/mol. The van der Waals surface area contributed by atoms with E-state index < -0.39 is 0 Å². The highest BCUT2D eigenvalue weighted by Crippen LogP contribution is 2.60. The Labute approximate surface area is 171 Å². The number of nitrogens with zero attached hydrogens (tertiary/aromatic N) is 1. The molecule has 1 amide bonds. The van der Waals surface area contributed by atoms with E-state index in [0.717, 1.165) is 37.9 Å². The number of ketones is 1. The smallest absolute Gasteiger partial charge is 0.234 e. The van der Waals surface area contributed by atoms with E-state index in [9.17, 15) is 9.59 Å². The largest absolute Gasteiger partial charge is 0.350 e. The fraction of sp³-hybridized carbons (Fsp3) is 0.619. The summed E-state index contributed by atoms with van der Waals surface area (Å²) in [6, 6.07) is 5.31. The first-order valence-corrected chi connectivity index (χ1v) is 10.3. The van der Waals surface area contributed by atoms with Gasteiger partial charge in [0.1, 0.15) is 5.78 Å². The summed E-state index contributed by atoms with van der Waals surface area (Å²) in [6.45, 7) is 8.17. The molecule has 0 aromatic heterocycles. The lowest BCUT2D eigenvalue weighted by Crippen LogP contribution is -2.47. The van der Waals surface area contributed by atoms with E-state index in [-0.39, 0.29) is 28.6 Å². The maximum absolute atomic E-state index is 12.7. The SMILES string of the molecule is CC(C)(C)NC(=O)CN1CCC2(CC1)CC2C(=O)Cc1cc(Cl)cc(Cl)c1. The van der Waals surface area contributed by atoms with Crippen LogP contribution in [-0.2, 0) is 16.0 Å². The summed E-state index contributed by atoms with van der Waals surface area (Å²) in [5.74, 6) is 0.493. The summed E-state index contributed by atoms with van der Waals surface area (Å²) in [4.78, 5) is 27.0. The van der Waals surface area contributed by atoms with Gasteiger partial charge < -0.3 is 5.32 Å². The fourth-order valence-electron chi connectivity index (χ4n) is 4.21. The van der Waals surface area contributed by atoms with Crippen LogP contribution in [0, 0.1) is 11.3 Å². The highest BCUT2D eigenvalue weighted by atomic mass is 35.5. The van der Waals surface area contributed by atoms with E-state index in [0.29, 0.717) is 23.0 Å². The molecule has 6 heteroatoms. The van der Waals surface area contributed by atoms with Crippen molar-refractivity contribution in [2.45, 2.75) is 52.0 Å². The second kappa shape index (κ2) is 7.73. The lowest BCUT2D eigenvalue weighted by molar-refractivity contribution is -0.124. The van der Waals surface area contributed by atoms with Gasteiger partial charge in [0.2, 0.25) is 5.91 Å². The molecule has 1 aliphatic carbocycles. The van der Waals surface area contributed by atoms with Gasteiger partial charge in [-0.1, -0.05) is 23.2 Å². The molecule has 3 rings (SSSR count). The summed E-state index contributed by atoms with van der Waals surface area (Å²) in [5, 5.41) is 4.14. The molecule has 1 aromatic carbocycles. The van der Waals surface area contributed by atoms with Crippen LogP contribution in [-0.4, -0.2) is 41.8 Å². The maximum atomic E-state index is 12.7. The molecule has 4 nitrogen and oxygen atoms in total. The van der Waals surface area contributed by atoms with Crippen LogP contribution < -0.4 is 5.32 Å². The normalized spacial score (nSPS) is 21.9. The van der Waals surface area contributed by atoms with Crippen molar-refractivity contribution in [3.05, 3.63) is 33.8 Å². The van der Waals surface area contributed by atoms with Crippen molar-refractivity contribution in [1.82, 2.24) is 10.2 Å². The van der Waals surface area contributed by atoms with Crippen molar-refractivity contribution in [2.24, 2.45) is 11.3 Å². The quantitative estimate of drug-likeness (QED) is 0.793. The van der Waals surface area contributed by atoms with Gasteiger partial charge in [-0.05, 0) is 82.3 Å². The summed E-state index contributed by atoms with van der Waals surface area (Å²) < 4.78 is 0. The molecule has 1 aliphatic heterocycles. The van der Waals surface area contributed by atoms with Crippen molar-refractivity contribution in [3.63, 3.8) is 0 Å². The van der Waals surface area contributed by atoms with Gasteiger partial charge in [-0.15, -0.1) is 0 Å². The molecule has 2 aliphatic rings. The Morgan fingerprint density at radius 3 is 2.30 bits per heavy atom. The number of likely N-dealkylation sites (tertiary alicyclic amines) is 1. The molecule has 2 fully saturated rings. The van der Waals surface area contributed by atoms with Gasteiger partial charge >= 0.3 is 0 Å². The van der Waals surface area contributed by atoms with Gasteiger partial charge in [0.05, 0.1) is 6.54 Å². The van der Waals surface area contributed by atoms with Crippen LogP contribution in [0.25, 0.3) is 0 Å². The summed E-state index contributed by atoms with van der Waals surface area (Å²) in [7, 11) is 0. The standard InChI is InChI=1S/C21H28Cl2N2O2/c1-20(2,3)24-19(27)13-25-6-4-21(5-7-25)12-17(21)18(26)10-14-8-15(22)11-16(23)9-14/h8-9,11,17H,4-7,10,12-13H2,1-3H3,(H,24,27). The minimum Gasteiger partial charge on any atom is -0.350 e. The second-order valence-corrected chi connectivity index (χ2v) is 9.99. The summed E-state index contributed by atoms with van der Waals surface area (Å²) in [5.41, 5.74) is 0.831. The lowest BCUT2D eigenvalue weighted by atomic mass is 9.88. The van der Waals surface area contributed by atoms with E-state index in [1.54, 1.807) is 6.07 Å². The van der Waals surface area contributed by atoms with Crippen molar-refractivity contribution < 1.29 is 9.59 Å². The fourth-order valence-corrected chi connectivity index (χ4v) is 4.78. The summed E-state index contributed by atoms with van der Waals surface area (Å²) >= 11 is 12.1. The first-order valence-electron chi connectivity index (χ1n) is 9.57. The number of hydrogen-bond donors (Lipinski definition) is 1. The highest BCUT2D eigenvalue weighted by Gasteiger charge is 2.57. The van der Waals surface area contributed by atoms with Crippen LogP contribution in [0.5, 0.6) is 0 Å². The monoisotopic (exact) mass is 410 g/mol. The minimum atomic E-state index is -0.203. The third-order valence-corrected chi connectivity index (χ3v) is 6.05. The maximum Gasteiger partial charge on any atom is 0.234 e. The number of halogens is 2. The predicted octanol–water partition coefficient (Wildman–Crippen LogP) is 4.12. The molecule has 0 radical (unpaired) electrons. The van der Waals surface area contributed by atoms with Gasteiger partial charge in [-0.25, -0.2) is 0 Å². The van der Waals surface area contributed by atoms with Crippen LogP contribution >= 0.6 is 23.2 Å². The van der Waals surface area contributed by atoms with E-state index >= 15 is 0 Å².